The van der Waals surface area contributed by atoms with E-state index in [0.717, 1.165) is 0 Å². The number of hydrogen-bond acceptors (Lipinski definition) is 4. The van der Waals surface area contributed by atoms with Gasteiger partial charge in [-0.15, -0.1) is 0 Å². The van der Waals surface area contributed by atoms with Crippen molar-refractivity contribution in [3.8, 4) is 0 Å². The number of carbonyl (C=O) groups excluding carboxylic acids is 2. The van der Waals surface area contributed by atoms with E-state index in [9.17, 15) is 9.59 Å². The van der Waals surface area contributed by atoms with Crippen LogP contribution in [0.15, 0.2) is 11.8 Å². The van der Waals surface area contributed by atoms with Gasteiger partial charge in [0.1, 0.15) is 0 Å². The molecule has 1 aliphatic heterocycles. The van der Waals surface area contributed by atoms with Crippen LogP contribution in [0.4, 0.5) is 0 Å². The maximum atomic E-state index is 12.0. The van der Waals surface area contributed by atoms with Gasteiger partial charge in [0.05, 0.1) is 8.07 Å². The van der Waals surface area contributed by atoms with E-state index in [4.69, 9.17) is 9.47 Å². The smallest absolute Gasteiger partial charge is 0.261 e. The highest BCUT2D eigenvalue weighted by molar-refractivity contribution is 6.80. The molecular formula is C13H23NO4Si. The first-order valence-electron chi connectivity index (χ1n) is 6.40. The molecule has 0 aromatic rings. The number of nitrogens with zero attached hydrogens (tertiary/aromatic N) is 1. The third kappa shape index (κ3) is 3.99. The van der Waals surface area contributed by atoms with Crippen molar-refractivity contribution in [1.82, 2.24) is 4.90 Å². The summed E-state index contributed by atoms with van der Waals surface area (Å²) in [5, 5.41) is 0. The summed E-state index contributed by atoms with van der Waals surface area (Å²) >= 11 is 0. The van der Waals surface area contributed by atoms with Crippen LogP contribution in [-0.4, -0.2) is 57.8 Å². The van der Waals surface area contributed by atoms with E-state index in [0.29, 0.717) is 13.0 Å². The number of methoxy groups -OCH3 is 2. The van der Waals surface area contributed by atoms with Gasteiger partial charge in [0, 0.05) is 20.8 Å². The van der Waals surface area contributed by atoms with Crippen molar-refractivity contribution in [3.05, 3.63) is 11.8 Å². The van der Waals surface area contributed by atoms with Crippen molar-refractivity contribution in [3.63, 3.8) is 0 Å². The van der Waals surface area contributed by atoms with Gasteiger partial charge in [-0.2, -0.15) is 0 Å². The first-order chi connectivity index (χ1) is 8.81. The Morgan fingerprint density at radius 3 is 1.95 bits per heavy atom. The van der Waals surface area contributed by atoms with Gasteiger partial charge in [-0.25, -0.2) is 0 Å². The molecule has 0 spiro atoms. The molecular weight excluding hydrogens is 262 g/mol. The second-order valence-corrected chi connectivity index (χ2v) is 10.8. The van der Waals surface area contributed by atoms with Gasteiger partial charge in [0.2, 0.25) is 0 Å². The molecule has 0 saturated carbocycles. The molecule has 5 nitrogen and oxygen atoms in total. The average molecular weight is 285 g/mol. The Labute approximate surface area is 115 Å². The van der Waals surface area contributed by atoms with Crippen LogP contribution in [0.1, 0.15) is 6.42 Å². The zero-order chi connectivity index (χ0) is 14.6. The predicted octanol–water partition coefficient (Wildman–Crippen LogP) is 1.21. The topological polar surface area (TPSA) is 55.8 Å². The van der Waals surface area contributed by atoms with Gasteiger partial charge < -0.3 is 9.47 Å². The lowest BCUT2D eigenvalue weighted by atomic mass is 10.2. The molecule has 0 aromatic carbocycles. The van der Waals surface area contributed by atoms with E-state index in [2.05, 4.69) is 31.4 Å². The van der Waals surface area contributed by atoms with Gasteiger partial charge in [0.15, 0.2) is 12.2 Å². The summed E-state index contributed by atoms with van der Waals surface area (Å²) in [5.41, 5.74) is 2.21. The molecule has 1 aliphatic rings. The lowest BCUT2D eigenvalue weighted by Crippen LogP contribution is -2.33. The summed E-state index contributed by atoms with van der Waals surface area (Å²) < 4.78 is 10.1. The summed E-state index contributed by atoms with van der Waals surface area (Å²) in [4.78, 5) is 25.2. The van der Waals surface area contributed by atoms with Gasteiger partial charge >= 0.3 is 0 Å². The summed E-state index contributed by atoms with van der Waals surface area (Å²) in [7, 11) is 1.60. The van der Waals surface area contributed by atoms with Crippen LogP contribution in [0.25, 0.3) is 0 Å². The van der Waals surface area contributed by atoms with E-state index in [-0.39, 0.29) is 11.8 Å². The van der Waals surface area contributed by atoms with Crippen LogP contribution in [0.5, 0.6) is 0 Å². The van der Waals surface area contributed by atoms with Crippen LogP contribution in [0.2, 0.25) is 19.6 Å². The number of imide groups is 1. The molecule has 2 amide bonds. The van der Waals surface area contributed by atoms with E-state index < -0.39 is 20.3 Å². The lowest BCUT2D eigenvalue weighted by Gasteiger charge is -2.13. The van der Waals surface area contributed by atoms with Crippen LogP contribution in [0, 0.1) is 0 Å². The zero-order valence-electron chi connectivity index (χ0n) is 12.3. The molecule has 0 bridgehead atoms. The van der Waals surface area contributed by atoms with Crippen molar-refractivity contribution >= 4 is 19.9 Å². The number of rotatable bonds is 6. The maximum absolute atomic E-state index is 12.0. The Kier molecular flexibility index (Phi) is 5.46. The highest BCUT2D eigenvalue weighted by Crippen LogP contribution is 2.19. The van der Waals surface area contributed by atoms with Gasteiger partial charge in [-0.05, 0) is 6.42 Å². The van der Waals surface area contributed by atoms with Gasteiger partial charge in [-0.3, -0.25) is 14.5 Å². The highest BCUT2D eigenvalue weighted by atomic mass is 28.3. The minimum Gasteiger partial charge on any atom is -0.368 e. The van der Waals surface area contributed by atoms with Gasteiger partial charge in [-0.1, -0.05) is 31.4 Å². The fourth-order valence-electron chi connectivity index (χ4n) is 1.98. The predicted molar refractivity (Wildman–Crippen MR) is 75.4 cm³/mol. The number of amides is 2. The number of ether oxygens (including phenoxy) is 2. The number of hydrogen-bond donors (Lipinski definition) is 0. The monoisotopic (exact) mass is 285 g/mol. The minimum absolute atomic E-state index is 0.305. The maximum Gasteiger partial charge on any atom is 0.261 e. The molecule has 19 heavy (non-hydrogen) atoms. The summed E-state index contributed by atoms with van der Waals surface area (Å²) in [5.74, 6) is -0.610. The van der Waals surface area contributed by atoms with Crippen LogP contribution in [-0.2, 0) is 19.1 Å². The largest absolute Gasteiger partial charge is 0.368 e. The molecule has 1 heterocycles. The van der Waals surface area contributed by atoms with E-state index in [1.165, 1.54) is 19.1 Å². The second-order valence-electron chi connectivity index (χ2n) is 5.70. The van der Waals surface area contributed by atoms with Crippen molar-refractivity contribution in [2.75, 3.05) is 20.8 Å². The zero-order valence-corrected chi connectivity index (χ0v) is 13.3. The normalized spacial score (nSPS) is 24.8. The van der Waals surface area contributed by atoms with Crippen molar-refractivity contribution in [2.24, 2.45) is 0 Å². The van der Waals surface area contributed by atoms with Crippen LogP contribution in [0.3, 0.4) is 0 Å². The number of carbonyl (C=O) groups is 2. The molecule has 1 saturated heterocycles. The molecule has 1 rings (SSSR count). The molecule has 0 radical (unpaired) electrons. The summed E-state index contributed by atoms with van der Waals surface area (Å²) in [6, 6.07) is 0. The van der Waals surface area contributed by atoms with Crippen molar-refractivity contribution in [1.29, 1.82) is 0 Å². The Morgan fingerprint density at radius 1 is 1.11 bits per heavy atom. The van der Waals surface area contributed by atoms with Crippen LogP contribution < -0.4 is 0 Å². The summed E-state index contributed by atoms with van der Waals surface area (Å²) in [6.45, 7) is 7.09. The molecule has 1 fully saturated rings. The molecule has 0 N–H and O–H groups in total. The molecule has 2 atom stereocenters. The Hall–Kier alpha value is -0.983. The Morgan fingerprint density at radius 2 is 1.58 bits per heavy atom. The van der Waals surface area contributed by atoms with Gasteiger partial charge in [0.25, 0.3) is 11.8 Å². The Bertz CT molecular complexity index is 353. The summed E-state index contributed by atoms with van der Waals surface area (Å²) in [6.07, 6.45) is 1.11. The first kappa shape index (κ1) is 16.1. The minimum atomic E-state index is -1.23. The van der Waals surface area contributed by atoms with Crippen molar-refractivity contribution < 1.29 is 19.1 Å². The quantitative estimate of drug-likeness (QED) is 0.544. The second kappa shape index (κ2) is 6.45. The highest BCUT2D eigenvalue weighted by Gasteiger charge is 2.48. The number of likely N-dealkylation sites (tertiary alicyclic amines) is 1. The Balaban J connectivity index is 2.62. The molecule has 0 aromatic heterocycles. The molecule has 0 unspecified atom stereocenters. The van der Waals surface area contributed by atoms with E-state index >= 15 is 0 Å². The fourth-order valence-corrected chi connectivity index (χ4v) is 2.86. The van der Waals surface area contributed by atoms with E-state index in [1.807, 2.05) is 0 Å². The van der Waals surface area contributed by atoms with E-state index in [1.54, 1.807) is 0 Å². The molecule has 108 valence electrons. The van der Waals surface area contributed by atoms with Crippen molar-refractivity contribution in [2.45, 2.75) is 38.3 Å². The standard InChI is InChI=1S/C13H23NO4Si/c1-17-10-11(18-2)13(16)14(12(10)15)8-6-7-9-19(3,4)5/h7,9-11H,6,8H2,1-5H3/b9-7-/t10-,11-/m1/s1. The molecule has 0 aliphatic carbocycles. The third-order valence-electron chi connectivity index (χ3n) is 2.94. The fraction of sp³-hybridized carbons (Fsp3) is 0.692. The first-order valence-corrected chi connectivity index (χ1v) is 9.98. The van der Waals surface area contributed by atoms with Crippen LogP contribution >= 0.6 is 0 Å². The molecule has 6 heteroatoms. The lowest BCUT2D eigenvalue weighted by molar-refractivity contribution is -0.141. The average Bonchev–Trinajstić information content (AvgIpc) is 2.55. The SMILES string of the molecule is CO[C@H]1C(=O)N(CC/C=C\[Si](C)(C)C)C(=O)[C@@H]1OC. The third-order valence-corrected chi connectivity index (χ3v) is 4.17.